The van der Waals surface area contributed by atoms with E-state index in [9.17, 15) is 0 Å². The van der Waals surface area contributed by atoms with Crippen LogP contribution in [0.15, 0.2) is 53.2 Å². The van der Waals surface area contributed by atoms with E-state index < -0.39 is 0 Å². The molecule has 0 amide bonds. The fraction of sp³-hybridized carbons (Fsp3) is 0.167. The van der Waals surface area contributed by atoms with Crippen molar-refractivity contribution in [1.29, 1.82) is 0 Å². The molecule has 0 aliphatic carbocycles. The van der Waals surface area contributed by atoms with Crippen LogP contribution in [0.4, 0.5) is 5.69 Å². The highest BCUT2D eigenvalue weighted by molar-refractivity contribution is 7.17. The Balaban J connectivity index is 1.50. The topological polar surface area (TPSA) is 60.0 Å². The number of nitrogens with one attached hydrogen (secondary N) is 1. The van der Waals surface area contributed by atoms with E-state index in [-0.39, 0.29) is 0 Å². The molecule has 0 atom stereocenters. The minimum Gasteiger partial charge on any atom is -0.337 e. The number of aromatic nitrogens is 4. The number of nitrogens with zero attached hydrogens (tertiary/aromatic N) is 5. The van der Waals surface area contributed by atoms with Crippen LogP contribution in [0.2, 0.25) is 0 Å². The van der Waals surface area contributed by atoms with Gasteiger partial charge in [-0.1, -0.05) is 0 Å². The molecule has 4 aromatic rings. The first kappa shape index (κ1) is 14.4. The Morgan fingerprint density at radius 3 is 3.04 bits per heavy atom. The fourth-order valence-corrected chi connectivity index (χ4v) is 3.95. The molecule has 1 aliphatic rings. The monoisotopic (exact) mass is 348 g/mol. The van der Waals surface area contributed by atoms with Crippen LogP contribution in [-0.4, -0.2) is 31.7 Å². The third-order valence-electron chi connectivity index (χ3n) is 4.38. The molecular formula is C18H16N6S. The molecule has 0 saturated heterocycles. The van der Waals surface area contributed by atoms with Crippen molar-refractivity contribution in [1.82, 2.24) is 19.3 Å². The molecule has 6 nitrogen and oxygen atoms in total. The molecule has 1 N–H and O–H groups in total. The summed E-state index contributed by atoms with van der Waals surface area (Å²) in [6, 6.07) is 8.51. The fourth-order valence-electron chi connectivity index (χ4n) is 3.18. The maximum absolute atomic E-state index is 4.65. The lowest BCUT2D eigenvalue weighted by Gasteiger charge is -2.18. The van der Waals surface area contributed by atoms with E-state index in [1.807, 2.05) is 25.6 Å². The standard InChI is InChI=1S/C18H16N6S/c1-23-11-13(9-21-23)15-10-20-18-17(19-5-6-24(15)18)22-14-2-3-16-12(8-14)4-7-25-16/h2-4,7-11H,5-6H2,1H3,(H,19,22). The Morgan fingerprint density at radius 2 is 2.16 bits per heavy atom. The van der Waals surface area contributed by atoms with Crippen molar-refractivity contribution in [3.63, 3.8) is 0 Å². The highest BCUT2D eigenvalue weighted by Crippen LogP contribution is 2.26. The van der Waals surface area contributed by atoms with Crippen molar-refractivity contribution in [3.05, 3.63) is 54.1 Å². The van der Waals surface area contributed by atoms with Gasteiger partial charge in [0.15, 0.2) is 11.7 Å². The van der Waals surface area contributed by atoms with Gasteiger partial charge in [-0.25, -0.2) is 4.98 Å². The Bertz CT molecular complexity index is 1100. The molecule has 0 spiro atoms. The molecule has 0 unspecified atom stereocenters. The molecule has 0 radical (unpaired) electrons. The molecule has 5 rings (SSSR count). The van der Waals surface area contributed by atoms with Crippen molar-refractivity contribution in [2.24, 2.45) is 12.0 Å². The summed E-state index contributed by atoms with van der Waals surface area (Å²) < 4.78 is 5.30. The van der Waals surface area contributed by atoms with Crippen molar-refractivity contribution < 1.29 is 0 Å². The lowest BCUT2D eigenvalue weighted by Crippen LogP contribution is -2.25. The molecule has 0 saturated carbocycles. The van der Waals surface area contributed by atoms with E-state index in [1.54, 1.807) is 16.0 Å². The number of hydrogen-bond acceptors (Lipinski definition) is 5. The summed E-state index contributed by atoms with van der Waals surface area (Å²) in [4.78, 5) is 9.26. The van der Waals surface area contributed by atoms with E-state index in [0.717, 1.165) is 41.7 Å². The number of aryl methyl sites for hydroxylation is 1. The van der Waals surface area contributed by atoms with Gasteiger partial charge in [-0.2, -0.15) is 5.10 Å². The number of fused-ring (bicyclic) bond motifs is 2. The van der Waals surface area contributed by atoms with Gasteiger partial charge in [0.1, 0.15) is 0 Å². The van der Waals surface area contributed by atoms with Gasteiger partial charge < -0.3 is 9.88 Å². The minimum atomic E-state index is 0.736. The van der Waals surface area contributed by atoms with Gasteiger partial charge in [-0.05, 0) is 35.0 Å². The van der Waals surface area contributed by atoms with Crippen LogP contribution in [0.3, 0.4) is 0 Å². The lowest BCUT2D eigenvalue weighted by atomic mass is 10.2. The Morgan fingerprint density at radius 1 is 1.20 bits per heavy atom. The van der Waals surface area contributed by atoms with Gasteiger partial charge in [-0.15, -0.1) is 11.3 Å². The second kappa shape index (κ2) is 5.56. The van der Waals surface area contributed by atoms with Gasteiger partial charge in [0.25, 0.3) is 0 Å². The second-order valence-electron chi connectivity index (χ2n) is 6.05. The summed E-state index contributed by atoms with van der Waals surface area (Å²) in [5, 5.41) is 11.1. The number of thiophene rings is 1. The third-order valence-corrected chi connectivity index (χ3v) is 5.27. The molecule has 0 fully saturated rings. The molecule has 1 aromatic carbocycles. The van der Waals surface area contributed by atoms with Crippen LogP contribution >= 0.6 is 11.3 Å². The van der Waals surface area contributed by atoms with Crippen molar-refractivity contribution in [3.8, 4) is 11.3 Å². The molecule has 7 heteroatoms. The van der Waals surface area contributed by atoms with E-state index >= 15 is 0 Å². The summed E-state index contributed by atoms with van der Waals surface area (Å²) in [6.45, 7) is 1.56. The quantitative estimate of drug-likeness (QED) is 0.604. The molecule has 3 aromatic heterocycles. The SMILES string of the molecule is Cn1cc(-c2cnc3n2CCN=C3Nc2ccc3sccc3c2)cn1. The van der Waals surface area contributed by atoms with Crippen molar-refractivity contribution >= 4 is 32.9 Å². The number of hydrogen-bond donors (Lipinski definition) is 1. The summed E-state index contributed by atoms with van der Waals surface area (Å²) in [5.41, 5.74) is 3.18. The Labute approximate surface area is 148 Å². The molecule has 25 heavy (non-hydrogen) atoms. The smallest absolute Gasteiger partial charge is 0.176 e. The number of imidazole rings is 1. The zero-order valence-corrected chi connectivity index (χ0v) is 14.5. The predicted octanol–water partition coefficient (Wildman–Crippen LogP) is 3.37. The highest BCUT2D eigenvalue weighted by Gasteiger charge is 2.20. The van der Waals surface area contributed by atoms with E-state index in [2.05, 4.69) is 54.6 Å². The van der Waals surface area contributed by atoms with Gasteiger partial charge in [0.2, 0.25) is 0 Å². The zero-order valence-electron chi connectivity index (χ0n) is 13.7. The Hall–Kier alpha value is -2.93. The molecule has 1 aliphatic heterocycles. The first-order valence-electron chi connectivity index (χ1n) is 8.11. The minimum absolute atomic E-state index is 0.736. The zero-order chi connectivity index (χ0) is 16.8. The predicted molar refractivity (Wildman–Crippen MR) is 101 cm³/mol. The van der Waals surface area contributed by atoms with E-state index in [4.69, 9.17) is 0 Å². The lowest BCUT2D eigenvalue weighted by molar-refractivity contribution is 0.687. The number of anilines is 1. The largest absolute Gasteiger partial charge is 0.337 e. The maximum atomic E-state index is 4.65. The van der Waals surface area contributed by atoms with Crippen molar-refractivity contribution in [2.45, 2.75) is 6.54 Å². The highest BCUT2D eigenvalue weighted by atomic mass is 32.1. The maximum Gasteiger partial charge on any atom is 0.176 e. The number of amidine groups is 1. The van der Waals surface area contributed by atoms with Gasteiger partial charge >= 0.3 is 0 Å². The summed E-state index contributed by atoms with van der Waals surface area (Å²) in [5.74, 6) is 1.69. The molecule has 0 bridgehead atoms. The molecular weight excluding hydrogens is 332 g/mol. The van der Waals surface area contributed by atoms with Gasteiger partial charge in [0, 0.05) is 35.7 Å². The number of aliphatic imine (C=N–C) groups is 1. The van der Waals surface area contributed by atoms with E-state index in [1.165, 1.54) is 10.1 Å². The first-order valence-corrected chi connectivity index (χ1v) is 8.99. The van der Waals surface area contributed by atoms with Crippen LogP contribution < -0.4 is 5.32 Å². The van der Waals surface area contributed by atoms with Crippen LogP contribution in [0.5, 0.6) is 0 Å². The average Bonchev–Trinajstić information content (AvgIpc) is 3.33. The third kappa shape index (κ3) is 2.44. The normalized spacial score (nSPS) is 13.7. The first-order chi connectivity index (χ1) is 12.3. The summed E-state index contributed by atoms with van der Waals surface area (Å²) >= 11 is 1.75. The van der Waals surface area contributed by atoms with Gasteiger partial charge in [0.05, 0.1) is 24.6 Å². The Kier molecular flexibility index (Phi) is 3.21. The number of rotatable bonds is 2. The second-order valence-corrected chi connectivity index (χ2v) is 7.00. The number of benzene rings is 1. The van der Waals surface area contributed by atoms with Crippen LogP contribution in [-0.2, 0) is 13.6 Å². The molecule has 124 valence electrons. The van der Waals surface area contributed by atoms with Crippen molar-refractivity contribution in [2.75, 3.05) is 11.9 Å². The van der Waals surface area contributed by atoms with Gasteiger partial charge in [-0.3, -0.25) is 9.67 Å². The summed E-state index contributed by atoms with van der Waals surface area (Å²) in [6.07, 6.45) is 5.78. The summed E-state index contributed by atoms with van der Waals surface area (Å²) in [7, 11) is 1.92. The van der Waals surface area contributed by atoms with Crippen LogP contribution in [0.25, 0.3) is 21.3 Å². The van der Waals surface area contributed by atoms with Crippen LogP contribution in [0.1, 0.15) is 5.82 Å². The van der Waals surface area contributed by atoms with Crippen LogP contribution in [0, 0.1) is 0 Å². The van der Waals surface area contributed by atoms with E-state index in [0.29, 0.717) is 0 Å². The average molecular weight is 348 g/mol. The molecule has 4 heterocycles.